The van der Waals surface area contributed by atoms with Gasteiger partial charge < -0.3 is 23.7 Å². The fourth-order valence-electron chi connectivity index (χ4n) is 8.78. The average Bonchev–Trinajstić information content (AvgIpc) is 4.02. The van der Waals surface area contributed by atoms with Gasteiger partial charge in [0.15, 0.2) is 17.1 Å². The van der Waals surface area contributed by atoms with E-state index in [1.807, 2.05) is 77.9 Å². The lowest BCUT2D eigenvalue weighted by molar-refractivity contribution is -0.257. The number of alkyl halides is 6. The van der Waals surface area contributed by atoms with E-state index < -0.39 is 50.2 Å². The summed E-state index contributed by atoms with van der Waals surface area (Å²) in [4.78, 5) is 3.49. The zero-order chi connectivity index (χ0) is 45.9. The van der Waals surface area contributed by atoms with E-state index in [1.165, 1.54) is 66.9 Å². The summed E-state index contributed by atoms with van der Waals surface area (Å²) in [6.07, 6.45) is 1.44. The van der Waals surface area contributed by atoms with Crippen molar-refractivity contribution in [2.75, 3.05) is 40.6 Å². The van der Waals surface area contributed by atoms with Crippen LogP contribution >= 0.6 is 34.4 Å². The lowest BCUT2D eigenvalue weighted by Gasteiger charge is -2.50. The lowest BCUT2D eigenvalue weighted by atomic mass is 9.63. The van der Waals surface area contributed by atoms with E-state index in [0.29, 0.717) is 20.2 Å². The van der Waals surface area contributed by atoms with Gasteiger partial charge in [0, 0.05) is 72.5 Å². The van der Waals surface area contributed by atoms with Crippen molar-refractivity contribution >= 4 is 44.9 Å². The molecular formula is C49H52F6O5S3. The van der Waals surface area contributed by atoms with E-state index in [4.69, 9.17) is 23.7 Å². The maximum Gasteiger partial charge on any atom is 0.380 e. The fraction of sp³-hybridized carbons (Fsp3) is 0.469. The molecule has 5 nitrogen and oxygen atoms in total. The molecule has 2 atom stereocenters. The first-order valence-electron chi connectivity index (χ1n) is 20.8. The molecule has 4 aliphatic rings. The molecule has 14 heteroatoms. The van der Waals surface area contributed by atoms with E-state index in [-0.39, 0.29) is 65.6 Å². The minimum absolute atomic E-state index is 0.00108. The number of ether oxygens (including phenoxy) is 5. The van der Waals surface area contributed by atoms with E-state index in [9.17, 15) is 0 Å². The van der Waals surface area contributed by atoms with Crippen LogP contribution in [0.5, 0.6) is 17.2 Å². The topological polar surface area (TPSA) is 46.2 Å². The van der Waals surface area contributed by atoms with Gasteiger partial charge in [0.25, 0.3) is 0 Å². The molecule has 4 aromatic rings. The highest BCUT2D eigenvalue weighted by atomic mass is 32.2. The molecule has 0 N–H and O–H groups in total. The Bertz CT molecular complexity index is 2550. The van der Waals surface area contributed by atoms with Crippen LogP contribution in [0.2, 0.25) is 0 Å². The summed E-state index contributed by atoms with van der Waals surface area (Å²) in [7, 11) is 2.99. The molecule has 4 heterocycles. The summed E-state index contributed by atoms with van der Waals surface area (Å²) in [6, 6.07) is 17.6. The highest BCUT2D eigenvalue weighted by Crippen LogP contribution is 2.80. The van der Waals surface area contributed by atoms with Crippen molar-refractivity contribution in [3.05, 3.63) is 120 Å². The van der Waals surface area contributed by atoms with Crippen LogP contribution in [0.4, 0.5) is 26.3 Å². The Hall–Kier alpha value is -3.69. The molecule has 0 spiro atoms. The molecule has 2 aromatic heterocycles. The fourth-order valence-corrected chi connectivity index (χ4v) is 13.0. The Morgan fingerprint density at radius 1 is 0.603 bits per heavy atom. The SMILES string of the molecule is COCCOc1cc2c(cc1OCCOC)C1=C3C(=C4C=C(c5ccc(C(C)(C)C)s5)S[C@]4(c4ccc(C(C)(C)C)s4)[C@@]1(c1ccc(C(C)(C)C)cc1)O2)C(F)(F)C(F)(F)C3(F)F. The third-order valence-electron chi connectivity index (χ3n) is 12.1. The van der Waals surface area contributed by atoms with Gasteiger partial charge in [0.05, 0.1) is 13.2 Å². The van der Waals surface area contributed by atoms with Gasteiger partial charge >= 0.3 is 17.8 Å². The van der Waals surface area contributed by atoms with Crippen molar-refractivity contribution in [2.45, 2.75) is 107 Å². The van der Waals surface area contributed by atoms with Crippen LogP contribution in [0.3, 0.4) is 0 Å². The van der Waals surface area contributed by atoms with E-state index in [0.717, 1.165) is 15.3 Å². The average molecular weight is 931 g/mol. The van der Waals surface area contributed by atoms with Crippen molar-refractivity contribution in [3.8, 4) is 17.2 Å². The molecule has 0 radical (unpaired) electrons. The standard InChI is InChI=1S/C49H52F6O5S3/c1-42(2,3)27-12-14-28(15-13-27)45-39(29-24-32(58-22-20-56-10)33(26-31(29)60-45)59-23-21-57-11)41-40(47(50,51)49(54,55)48(41,52)53)30-25-35(34-16-17-36(61-34)43(4,5)6)63-46(30,45)38-19-18-37(62-38)44(7,8)9/h12-19,24-26H,20-23H2,1-11H3/t45-,46+/m0/s1. The third-order valence-corrected chi connectivity index (χ3v) is 17.1. The van der Waals surface area contributed by atoms with Gasteiger partial charge in [-0.15, -0.1) is 34.4 Å². The Balaban J connectivity index is 1.56. The first kappa shape index (κ1) is 45.9. The predicted molar refractivity (Wildman–Crippen MR) is 241 cm³/mol. The van der Waals surface area contributed by atoms with Gasteiger partial charge in [0.1, 0.15) is 23.7 Å². The maximum absolute atomic E-state index is 17.2. The minimum atomic E-state index is -5.82. The van der Waals surface area contributed by atoms with Crippen molar-refractivity contribution in [3.63, 3.8) is 0 Å². The molecule has 338 valence electrons. The zero-order valence-electron chi connectivity index (χ0n) is 37.2. The third kappa shape index (κ3) is 6.77. The van der Waals surface area contributed by atoms with Gasteiger partial charge in [-0.25, -0.2) is 0 Å². The molecule has 63 heavy (non-hydrogen) atoms. The minimum Gasteiger partial charge on any atom is -0.487 e. The second kappa shape index (κ2) is 15.2. The molecule has 0 saturated heterocycles. The summed E-state index contributed by atoms with van der Waals surface area (Å²) in [5.41, 5.74) is -5.75. The largest absolute Gasteiger partial charge is 0.487 e. The number of allylic oxidation sites excluding steroid dienone is 3. The maximum atomic E-state index is 17.2. The van der Waals surface area contributed by atoms with Crippen LogP contribution < -0.4 is 14.2 Å². The summed E-state index contributed by atoms with van der Waals surface area (Å²) in [6.45, 7) is 18.7. The summed E-state index contributed by atoms with van der Waals surface area (Å²) >= 11 is 3.96. The van der Waals surface area contributed by atoms with Gasteiger partial charge in [-0.2, -0.15) is 26.3 Å². The molecule has 2 aliphatic heterocycles. The first-order chi connectivity index (χ1) is 29.3. The van der Waals surface area contributed by atoms with Crippen LogP contribution in [-0.4, -0.2) is 58.4 Å². The number of halogens is 6. The molecule has 0 bridgehead atoms. The Morgan fingerprint density at radius 2 is 1.16 bits per heavy atom. The quantitative estimate of drug-likeness (QED) is 0.110. The van der Waals surface area contributed by atoms with Crippen LogP contribution in [0.1, 0.15) is 98.5 Å². The van der Waals surface area contributed by atoms with Crippen LogP contribution in [0.25, 0.3) is 10.5 Å². The Morgan fingerprint density at radius 3 is 1.70 bits per heavy atom. The van der Waals surface area contributed by atoms with E-state index >= 15 is 26.3 Å². The summed E-state index contributed by atoms with van der Waals surface area (Å²) < 4.78 is 130. The molecule has 1 saturated carbocycles. The van der Waals surface area contributed by atoms with Crippen LogP contribution in [-0.2, 0) is 36.1 Å². The number of hydrogen-bond acceptors (Lipinski definition) is 8. The Labute approximate surface area is 377 Å². The van der Waals surface area contributed by atoms with Crippen molar-refractivity contribution in [1.82, 2.24) is 0 Å². The number of fused-ring (bicyclic) bond motifs is 6. The highest BCUT2D eigenvalue weighted by Gasteiger charge is 2.86. The number of thiophene rings is 2. The molecule has 2 aromatic carbocycles. The smallest absolute Gasteiger partial charge is 0.380 e. The summed E-state index contributed by atoms with van der Waals surface area (Å²) in [5.74, 6) is -16.3. The van der Waals surface area contributed by atoms with Crippen molar-refractivity contribution < 1.29 is 50.0 Å². The number of benzene rings is 2. The zero-order valence-corrected chi connectivity index (χ0v) is 39.7. The molecule has 0 unspecified atom stereocenters. The predicted octanol–water partition coefficient (Wildman–Crippen LogP) is 13.7. The molecule has 1 fully saturated rings. The molecule has 2 aliphatic carbocycles. The number of thioether (sulfide) groups is 1. The van der Waals surface area contributed by atoms with Gasteiger partial charge in [0.2, 0.25) is 0 Å². The van der Waals surface area contributed by atoms with Crippen molar-refractivity contribution in [1.29, 1.82) is 0 Å². The van der Waals surface area contributed by atoms with Crippen LogP contribution in [0, 0.1) is 0 Å². The number of methoxy groups -OCH3 is 2. The van der Waals surface area contributed by atoms with Crippen LogP contribution in [0.15, 0.2) is 83.5 Å². The van der Waals surface area contributed by atoms with Gasteiger partial charge in [-0.1, -0.05) is 86.6 Å². The molecule has 0 amide bonds. The lowest BCUT2D eigenvalue weighted by Crippen LogP contribution is -2.53. The highest BCUT2D eigenvalue weighted by molar-refractivity contribution is 8.10. The monoisotopic (exact) mass is 930 g/mol. The normalized spacial score (nSPS) is 23.3. The number of hydrogen-bond donors (Lipinski definition) is 0. The van der Waals surface area contributed by atoms with E-state index in [2.05, 4.69) is 20.8 Å². The van der Waals surface area contributed by atoms with Crippen molar-refractivity contribution in [2.24, 2.45) is 0 Å². The first-order valence-corrected chi connectivity index (χ1v) is 23.2. The second-order valence-corrected chi connectivity index (χ2v) is 22.9. The summed E-state index contributed by atoms with van der Waals surface area (Å²) in [5, 5.41) is 0. The molecule has 8 rings (SSSR count). The number of rotatable bonds is 11. The van der Waals surface area contributed by atoms with Gasteiger partial charge in [-0.3, -0.25) is 0 Å². The Kier molecular flexibility index (Phi) is 11.1. The van der Waals surface area contributed by atoms with Gasteiger partial charge in [-0.05, 0) is 63.8 Å². The van der Waals surface area contributed by atoms with E-state index in [1.54, 1.807) is 12.1 Å². The second-order valence-electron chi connectivity index (χ2n) is 19.5. The molecular weight excluding hydrogens is 879 g/mol.